The quantitative estimate of drug-likeness (QED) is 0.693. The minimum atomic E-state index is -3.21. The van der Waals surface area contributed by atoms with Crippen LogP contribution in [0.15, 0.2) is 54.9 Å². The Morgan fingerprint density at radius 2 is 1.91 bits per heavy atom. The second-order valence-electron chi connectivity index (χ2n) is 5.48. The van der Waals surface area contributed by atoms with E-state index in [1.807, 2.05) is 48.8 Å². The Bertz CT molecular complexity index is 991. The summed E-state index contributed by atoms with van der Waals surface area (Å²) in [6, 6.07) is 13.9. The summed E-state index contributed by atoms with van der Waals surface area (Å²) in [5.74, 6) is 0.0604. The van der Waals surface area contributed by atoms with Crippen LogP contribution in [0.1, 0.15) is 5.56 Å². The fourth-order valence-electron chi connectivity index (χ4n) is 2.97. The van der Waals surface area contributed by atoms with Crippen molar-refractivity contribution in [3.63, 3.8) is 0 Å². The van der Waals surface area contributed by atoms with Gasteiger partial charge in [0.1, 0.15) is 0 Å². The van der Waals surface area contributed by atoms with E-state index in [9.17, 15) is 8.42 Å². The number of benzene rings is 2. The highest BCUT2D eigenvalue weighted by molar-refractivity contribution is 7.92. The standard InChI is InChI=1S/C17H14N2O2S/c1-19-17-7-6-12(8-14(17)11-22(19,20)21)16-10-18-9-13-4-2-3-5-15(13)16/h2-10H,11H2,1H3. The van der Waals surface area contributed by atoms with E-state index in [1.54, 1.807) is 7.05 Å². The lowest BCUT2D eigenvalue weighted by Crippen LogP contribution is -2.20. The fraction of sp³-hybridized carbons (Fsp3) is 0.118. The number of anilines is 1. The molecule has 0 unspecified atom stereocenters. The second kappa shape index (κ2) is 4.55. The Kier molecular flexibility index (Phi) is 2.74. The summed E-state index contributed by atoms with van der Waals surface area (Å²) < 4.78 is 25.3. The van der Waals surface area contributed by atoms with Gasteiger partial charge in [0.2, 0.25) is 10.0 Å². The highest BCUT2D eigenvalue weighted by Crippen LogP contribution is 2.36. The smallest absolute Gasteiger partial charge is 0.239 e. The van der Waals surface area contributed by atoms with Crippen LogP contribution < -0.4 is 4.31 Å². The SMILES string of the molecule is CN1c2ccc(-c3cncc4ccccc34)cc2CS1(=O)=O. The van der Waals surface area contributed by atoms with Gasteiger partial charge in [-0.25, -0.2) is 8.42 Å². The van der Waals surface area contributed by atoms with Gasteiger partial charge in [0.05, 0.1) is 11.4 Å². The van der Waals surface area contributed by atoms with Crippen LogP contribution in [-0.4, -0.2) is 20.4 Å². The highest BCUT2D eigenvalue weighted by atomic mass is 32.2. The maximum absolute atomic E-state index is 12.0. The van der Waals surface area contributed by atoms with Crippen molar-refractivity contribution in [2.24, 2.45) is 0 Å². The summed E-state index contributed by atoms with van der Waals surface area (Å²) in [4.78, 5) is 4.30. The summed E-state index contributed by atoms with van der Waals surface area (Å²) in [6.07, 6.45) is 3.67. The van der Waals surface area contributed by atoms with Crippen LogP contribution in [0.25, 0.3) is 21.9 Å². The first-order valence-corrected chi connectivity index (χ1v) is 8.60. The molecule has 0 fully saturated rings. The zero-order chi connectivity index (χ0) is 15.3. The van der Waals surface area contributed by atoms with Gasteiger partial charge in [0.15, 0.2) is 0 Å². The molecule has 0 spiro atoms. The Labute approximate surface area is 129 Å². The minimum absolute atomic E-state index is 0.0604. The molecule has 4 nitrogen and oxygen atoms in total. The van der Waals surface area contributed by atoms with Crippen molar-refractivity contribution in [1.82, 2.24) is 4.98 Å². The van der Waals surface area contributed by atoms with E-state index in [4.69, 9.17) is 0 Å². The molecule has 0 N–H and O–H groups in total. The Hall–Kier alpha value is -2.40. The highest BCUT2D eigenvalue weighted by Gasteiger charge is 2.30. The number of nitrogens with zero attached hydrogens (tertiary/aromatic N) is 2. The average molecular weight is 310 g/mol. The lowest BCUT2D eigenvalue weighted by molar-refractivity contribution is 0.596. The molecule has 3 aromatic rings. The van der Waals surface area contributed by atoms with Gasteiger partial charge >= 0.3 is 0 Å². The Morgan fingerprint density at radius 1 is 1.09 bits per heavy atom. The molecule has 0 radical (unpaired) electrons. The largest absolute Gasteiger partial charge is 0.273 e. The van der Waals surface area contributed by atoms with Crippen LogP contribution in [0, 0.1) is 0 Å². The van der Waals surface area contributed by atoms with Gasteiger partial charge in [-0.15, -0.1) is 0 Å². The third-order valence-corrected chi connectivity index (χ3v) is 5.86. The van der Waals surface area contributed by atoms with Crippen LogP contribution in [0.5, 0.6) is 0 Å². The number of aromatic nitrogens is 1. The van der Waals surface area contributed by atoms with Crippen LogP contribution >= 0.6 is 0 Å². The van der Waals surface area contributed by atoms with Gasteiger partial charge in [0, 0.05) is 30.4 Å². The molecule has 0 saturated heterocycles. The molecule has 110 valence electrons. The van der Waals surface area contributed by atoms with Gasteiger partial charge in [-0.3, -0.25) is 9.29 Å². The van der Waals surface area contributed by atoms with Crippen LogP contribution in [-0.2, 0) is 15.8 Å². The lowest BCUT2D eigenvalue weighted by Gasteiger charge is -2.12. The molecule has 0 amide bonds. The molecule has 0 aliphatic carbocycles. The zero-order valence-electron chi connectivity index (χ0n) is 12.0. The van der Waals surface area contributed by atoms with Crippen LogP contribution in [0.3, 0.4) is 0 Å². The lowest BCUT2D eigenvalue weighted by atomic mass is 9.99. The van der Waals surface area contributed by atoms with E-state index < -0.39 is 10.0 Å². The summed E-state index contributed by atoms with van der Waals surface area (Å²) in [7, 11) is -1.61. The Balaban J connectivity index is 1.92. The molecular weight excluding hydrogens is 296 g/mol. The molecule has 1 aliphatic heterocycles. The summed E-state index contributed by atoms with van der Waals surface area (Å²) >= 11 is 0. The van der Waals surface area contributed by atoms with Crippen LogP contribution in [0.4, 0.5) is 5.69 Å². The number of rotatable bonds is 1. The summed E-state index contributed by atoms with van der Waals surface area (Å²) in [5.41, 5.74) is 3.62. The van der Waals surface area contributed by atoms with E-state index in [0.717, 1.165) is 33.2 Å². The molecule has 0 bridgehead atoms. The molecule has 2 heterocycles. The maximum atomic E-state index is 12.0. The first-order valence-electron chi connectivity index (χ1n) is 6.99. The van der Waals surface area contributed by atoms with E-state index in [-0.39, 0.29) is 5.75 Å². The third kappa shape index (κ3) is 1.89. The number of hydrogen-bond acceptors (Lipinski definition) is 3. The van der Waals surface area contributed by atoms with E-state index in [2.05, 4.69) is 11.1 Å². The molecule has 4 rings (SSSR count). The minimum Gasteiger partial charge on any atom is -0.273 e. The van der Waals surface area contributed by atoms with Gasteiger partial charge in [-0.1, -0.05) is 30.3 Å². The molecule has 1 aromatic heterocycles. The van der Waals surface area contributed by atoms with Crippen molar-refractivity contribution in [1.29, 1.82) is 0 Å². The number of fused-ring (bicyclic) bond motifs is 2. The summed E-state index contributed by atoms with van der Waals surface area (Å²) in [5, 5.41) is 2.19. The molecule has 0 atom stereocenters. The normalized spacial score (nSPS) is 16.0. The molecular formula is C17H14N2O2S. The summed E-state index contributed by atoms with van der Waals surface area (Å²) in [6.45, 7) is 0. The zero-order valence-corrected chi connectivity index (χ0v) is 12.8. The van der Waals surface area contributed by atoms with Crippen molar-refractivity contribution in [2.75, 3.05) is 11.4 Å². The first-order chi connectivity index (χ1) is 10.6. The van der Waals surface area contributed by atoms with Crippen molar-refractivity contribution in [3.05, 3.63) is 60.4 Å². The fourth-order valence-corrected chi connectivity index (χ4v) is 4.26. The monoisotopic (exact) mass is 310 g/mol. The first kappa shape index (κ1) is 13.3. The maximum Gasteiger partial charge on any atom is 0.239 e. The van der Waals surface area contributed by atoms with E-state index >= 15 is 0 Å². The van der Waals surface area contributed by atoms with Crippen molar-refractivity contribution in [2.45, 2.75) is 5.75 Å². The molecule has 5 heteroatoms. The number of sulfonamides is 1. The van der Waals surface area contributed by atoms with Gasteiger partial charge in [0.25, 0.3) is 0 Å². The number of hydrogen-bond donors (Lipinski definition) is 0. The molecule has 2 aromatic carbocycles. The second-order valence-corrected chi connectivity index (χ2v) is 7.48. The van der Waals surface area contributed by atoms with Crippen molar-refractivity contribution in [3.8, 4) is 11.1 Å². The van der Waals surface area contributed by atoms with Crippen molar-refractivity contribution < 1.29 is 8.42 Å². The molecule has 22 heavy (non-hydrogen) atoms. The Morgan fingerprint density at radius 3 is 2.77 bits per heavy atom. The van der Waals surface area contributed by atoms with Gasteiger partial charge < -0.3 is 0 Å². The molecule has 1 aliphatic rings. The van der Waals surface area contributed by atoms with Crippen LogP contribution in [0.2, 0.25) is 0 Å². The topological polar surface area (TPSA) is 50.3 Å². The average Bonchev–Trinajstić information content (AvgIpc) is 2.76. The van der Waals surface area contributed by atoms with E-state index in [0.29, 0.717) is 0 Å². The van der Waals surface area contributed by atoms with Gasteiger partial charge in [-0.2, -0.15) is 0 Å². The van der Waals surface area contributed by atoms with Gasteiger partial charge in [-0.05, 0) is 28.6 Å². The predicted molar refractivity (Wildman–Crippen MR) is 88.2 cm³/mol. The molecule has 0 saturated carbocycles. The third-order valence-electron chi connectivity index (χ3n) is 4.15. The van der Waals surface area contributed by atoms with Crippen molar-refractivity contribution >= 4 is 26.5 Å². The van der Waals surface area contributed by atoms with E-state index in [1.165, 1.54) is 4.31 Å². The number of pyridine rings is 1. The predicted octanol–water partition coefficient (Wildman–Crippen LogP) is 3.18.